The topological polar surface area (TPSA) is 69.1 Å². The molecule has 0 saturated heterocycles. The Hall–Kier alpha value is -1.49. The summed E-state index contributed by atoms with van der Waals surface area (Å²) >= 11 is 0. The number of hydrogen-bond acceptors (Lipinski definition) is 4. The fourth-order valence-corrected chi connectivity index (χ4v) is 1.44. The Kier molecular flexibility index (Phi) is 2.64. The third kappa shape index (κ3) is 2.12. The van der Waals surface area contributed by atoms with E-state index in [0.717, 1.165) is 30.0 Å². The Bertz CT molecular complexity index is 460. The van der Waals surface area contributed by atoms with Crippen molar-refractivity contribution < 1.29 is 0 Å². The van der Waals surface area contributed by atoms with Gasteiger partial charge >= 0.3 is 0 Å². The van der Waals surface area contributed by atoms with Gasteiger partial charge in [-0.05, 0) is 32.4 Å². The van der Waals surface area contributed by atoms with E-state index in [0.29, 0.717) is 0 Å². The van der Waals surface area contributed by atoms with Gasteiger partial charge < -0.3 is 5.73 Å². The minimum absolute atomic E-state index is 0.183. The number of fused-ring (bicyclic) bond motifs is 1. The highest BCUT2D eigenvalue weighted by molar-refractivity contribution is 5.35. The zero-order valence-corrected chi connectivity index (χ0v) is 9.01. The maximum Gasteiger partial charge on any atom is 0.177 e. The highest BCUT2D eigenvalue weighted by atomic mass is 15.4. The molecular weight excluding hydrogens is 190 g/mol. The van der Waals surface area contributed by atoms with Crippen LogP contribution in [0.3, 0.4) is 0 Å². The van der Waals surface area contributed by atoms with Gasteiger partial charge in [0, 0.05) is 12.5 Å². The molecule has 5 heteroatoms. The van der Waals surface area contributed by atoms with Crippen LogP contribution in [0.4, 0.5) is 0 Å². The first-order valence-electron chi connectivity index (χ1n) is 5.10. The van der Waals surface area contributed by atoms with E-state index in [1.165, 1.54) is 0 Å². The third-order valence-electron chi connectivity index (χ3n) is 2.28. The lowest BCUT2D eigenvalue weighted by Crippen LogP contribution is -2.16. The van der Waals surface area contributed by atoms with Crippen molar-refractivity contribution in [2.24, 2.45) is 5.73 Å². The van der Waals surface area contributed by atoms with E-state index < -0.39 is 0 Å². The molecule has 0 fully saturated rings. The van der Waals surface area contributed by atoms with Crippen molar-refractivity contribution >= 4 is 5.65 Å². The Morgan fingerprint density at radius 3 is 2.93 bits per heavy atom. The highest BCUT2D eigenvalue weighted by Crippen LogP contribution is 2.05. The molecule has 0 aliphatic heterocycles. The van der Waals surface area contributed by atoms with E-state index in [1.807, 2.05) is 26.0 Å². The second kappa shape index (κ2) is 3.94. The highest BCUT2D eigenvalue weighted by Gasteiger charge is 2.07. The van der Waals surface area contributed by atoms with Crippen LogP contribution in [-0.4, -0.2) is 25.9 Å². The standard InChI is InChI=1S/C10H15N5/c1-7(11)3-5-9-12-13-10-6-4-8(2)14-15(9)10/h4,6-7H,3,5,11H2,1-2H3. The Labute approximate surface area is 88.3 Å². The monoisotopic (exact) mass is 205 g/mol. The van der Waals surface area contributed by atoms with E-state index in [1.54, 1.807) is 4.52 Å². The first kappa shape index (κ1) is 10.0. The summed E-state index contributed by atoms with van der Waals surface area (Å²) in [5.74, 6) is 0.881. The number of aromatic nitrogens is 4. The molecule has 2 N–H and O–H groups in total. The minimum atomic E-state index is 0.183. The van der Waals surface area contributed by atoms with Crippen LogP contribution in [0.5, 0.6) is 0 Å². The minimum Gasteiger partial charge on any atom is -0.328 e. The molecular formula is C10H15N5. The first-order valence-corrected chi connectivity index (χ1v) is 5.10. The summed E-state index contributed by atoms with van der Waals surface area (Å²) in [4.78, 5) is 0. The lowest BCUT2D eigenvalue weighted by molar-refractivity contribution is 0.634. The smallest absolute Gasteiger partial charge is 0.177 e. The van der Waals surface area contributed by atoms with Crippen molar-refractivity contribution in [3.05, 3.63) is 23.7 Å². The fourth-order valence-electron chi connectivity index (χ4n) is 1.44. The molecule has 0 spiro atoms. The van der Waals surface area contributed by atoms with Crippen LogP contribution in [0.2, 0.25) is 0 Å². The number of rotatable bonds is 3. The molecule has 2 aromatic rings. The van der Waals surface area contributed by atoms with Gasteiger partial charge in [-0.2, -0.15) is 9.61 Å². The molecule has 15 heavy (non-hydrogen) atoms. The van der Waals surface area contributed by atoms with Gasteiger partial charge in [-0.3, -0.25) is 0 Å². The van der Waals surface area contributed by atoms with Gasteiger partial charge in [0.1, 0.15) is 0 Å². The SMILES string of the molecule is Cc1ccc2nnc(CCC(C)N)n2n1. The summed E-state index contributed by atoms with van der Waals surface area (Å²) < 4.78 is 1.79. The molecule has 1 unspecified atom stereocenters. The fraction of sp³-hybridized carbons (Fsp3) is 0.500. The molecule has 0 saturated carbocycles. The number of nitrogens with two attached hydrogens (primary N) is 1. The van der Waals surface area contributed by atoms with Gasteiger partial charge in [0.05, 0.1) is 5.69 Å². The molecule has 2 heterocycles. The van der Waals surface area contributed by atoms with E-state index in [9.17, 15) is 0 Å². The lowest BCUT2D eigenvalue weighted by Gasteiger charge is -2.02. The Morgan fingerprint density at radius 2 is 2.20 bits per heavy atom. The maximum atomic E-state index is 5.71. The molecule has 1 atom stereocenters. The molecule has 0 aromatic carbocycles. The van der Waals surface area contributed by atoms with Crippen molar-refractivity contribution in [1.82, 2.24) is 19.8 Å². The van der Waals surface area contributed by atoms with Crippen molar-refractivity contribution in [2.45, 2.75) is 32.7 Å². The normalized spacial score (nSPS) is 13.3. The van der Waals surface area contributed by atoms with E-state index in [2.05, 4.69) is 15.3 Å². The van der Waals surface area contributed by atoms with Gasteiger partial charge in [0.25, 0.3) is 0 Å². The molecule has 2 aromatic heterocycles. The quantitative estimate of drug-likeness (QED) is 0.801. The third-order valence-corrected chi connectivity index (χ3v) is 2.28. The van der Waals surface area contributed by atoms with Gasteiger partial charge in [-0.1, -0.05) is 0 Å². The van der Waals surface area contributed by atoms with Crippen LogP contribution in [0.25, 0.3) is 5.65 Å². The van der Waals surface area contributed by atoms with Crippen molar-refractivity contribution in [2.75, 3.05) is 0 Å². The lowest BCUT2D eigenvalue weighted by atomic mass is 10.2. The Morgan fingerprint density at radius 1 is 1.40 bits per heavy atom. The maximum absolute atomic E-state index is 5.71. The molecule has 80 valence electrons. The average Bonchev–Trinajstić information content (AvgIpc) is 2.57. The summed E-state index contributed by atoms with van der Waals surface area (Å²) in [6, 6.07) is 4.03. The van der Waals surface area contributed by atoms with Gasteiger partial charge in [-0.25, -0.2) is 0 Å². The van der Waals surface area contributed by atoms with Crippen molar-refractivity contribution in [3.63, 3.8) is 0 Å². The summed E-state index contributed by atoms with van der Waals surface area (Å²) in [5.41, 5.74) is 7.46. The predicted octanol–water partition coefficient (Wildman–Crippen LogP) is 0.713. The van der Waals surface area contributed by atoms with E-state index >= 15 is 0 Å². The van der Waals surface area contributed by atoms with Crippen LogP contribution < -0.4 is 5.73 Å². The molecule has 0 aliphatic carbocycles. The molecule has 0 radical (unpaired) electrons. The summed E-state index contributed by atoms with van der Waals surface area (Å²) in [5, 5.41) is 12.5. The second-order valence-corrected chi connectivity index (χ2v) is 3.88. The molecule has 0 bridgehead atoms. The number of aryl methyl sites for hydroxylation is 2. The van der Waals surface area contributed by atoms with Crippen LogP contribution >= 0.6 is 0 Å². The zero-order chi connectivity index (χ0) is 10.8. The molecule has 5 nitrogen and oxygen atoms in total. The van der Waals surface area contributed by atoms with E-state index in [4.69, 9.17) is 5.73 Å². The molecule has 2 rings (SSSR count). The van der Waals surface area contributed by atoms with Gasteiger partial charge in [0.15, 0.2) is 11.5 Å². The molecule has 0 amide bonds. The predicted molar refractivity (Wildman–Crippen MR) is 57.5 cm³/mol. The number of nitrogens with zero attached hydrogens (tertiary/aromatic N) is 4. The Balaban J connectivity index is 2.31. The van der Waals surface area contributed by atoms with Crippen LogP contribution in [0.1, 0.15) is 24.9 Å². The summed E-state index contributed by atoms with van der Waals surface area (Å²) in [6.07, 6.45) is 1.71. The number of hydrogen-bond donors (Lipinski definition) is 1. The van der Waals surface area contributed by atoms with Crippen molar-refractivity contribution in [1.29, 1.82) is 0 Å². The molecule has 0 aliphatic rings. The first-order chi connectivity index (χ1) is 7.16. The summed E-state index contributed by atoms with van der Waals surface area (Å²) in [6.45, 7) is 3.94. The van der Waals surface area contributed by atoms with Crippen molar-refractivity contribution in [3.8, 4) is 0 Å². The largest absolute Gasteiger partial charge is 0.328 e. The van der Waals surface area contributed by atoms with Crippen LogP contribution in [-0.2, 0) is 6.42 Å². The van der Waals surface area contributed by atoms with Crippen LogP contribution in [0.15, 0.2) is 12.1 Å². The summed E-state index contributed by atoms with van der Waals surface area (Å²) in [7, 11) is 0. The second-order valence-electron chi connectivity index (χ2n) is 3.88. The van der Waals surface area contributed by atoms with Crippen LogP contribution in [0, 0.1) is 6.92 Å². The zero-order valence-electron chi connectivity index (χ0n) is 9.01. The average molecular weight is 205 g/mol. The van der Waals surface area contributed by atoms with Gasteiger partial charge in [0.2, 0.25) is 0 Å². The van der Waals surface area contributed by atoms with E-state index in [-0.39, 0.29) is 6.04 Å². The van der Waals surface area contributed by atoms with Gasteiger partial charge in [-0.15, -0.1) is 10.2 Å².